The minimum Gasteiger partial charge on any atom is -0.457 e. The van der Waals surface area contributed by atoms with Crippen LogP contribution in [0.5, 0.6) is 0 Å². The maximum atomic E-state index is 13.2. The number of hydrogen-bond acceptors (Lipinski definition) is 8. The molecule has 0 aromatic carbocycles. The maximum Gasteiger partial charge on any atom is 0.309 e. The molecule has 8 nitrogen and oxygen atoms in total. The van der Waals surface area contributed by atoms with Gasteiger partial charge in [0.25, 0.3) is 0 Å². The van der Waals surface area contributed by atoms with Crippen molar-refractivity contribution in [2.24, 2.45) is 40.9 Å². The molecular weight excluding hydrogens is 464 g/mol. The Morgan fingerprint density at radius 2 is 1.67 bits per heavy atom. The van der Waals surface area contributed by atoms with E-state index in [9.17, 15) is 29.7 Å². The number of ketones is 1. The van der Waals surface area contributed by atoms with Gasteiger partial charge in [0.05, 0.1) is 24.0 Å². The van der Waals surface area contributed by atoms with E-state index in [-0.39, 0.29) is 13.0 Å². The first-order valence-corrected chi connectivity index (χ1v) is 12.9. The lowest BCUT2D eigenvalue weighted by atomic mass is 9.59. The minimum absolute atomic E-state index is 0.116. The van der Waals surface area contributed by atoms with Crippen LogP contribution >= 0.6 is 0 Å². The first-order valence-electron chi connectivity index (χ1n) is 12.9. The normalized spacial score (nSPS) is 42.6. The molecule has 2 saturated carbocycles. The summed E-state index contributed by atoms with van der Waals surface area (Å²) in [7, 11) is 0. The summed E-state index contributed by atoms with van der Waals surface area (Å²) in [5, 5.41) is 34.5. The topological polar surface area (TPSA) is 130 Å². The van der Waals surface area contributed by atoms with E-state index in [4.69, 9.17) is 9.47 Å². The highest BCUT2D eigenvalue weighted by Gasteiger charge is 2.88. The van der Waals surface area contributed by atoms with Crippen LogP contribution in [0.25, 0.3) is 0 Å². The summed E-state index contributed by atoms with van der Waals surface area (Å²) < 4.78 is 12.3. The number of carbonyl (C=O) groups excluding carboxylic acids is 3. The highest BCUT2D eigenvalue weighted by molar-refractivity contribution is 6.04. The molecule has 0 bridgehead atoms. The Kier molecular flexibility index (Phi) is 6.18. The largest absolute Gasteiger partial charge is 0.457 e. The number of Topliss-reactive ketones (excluding diaryl/α,β-unsaturated/α-hetero) is 1. The predicted octanol–water partition coefficient (Wildman–Crippen LogP) is 2.34. The first kappa shape index (κ1) is 27.0. The quantitative estimate of drug-likeness (QED) is 0.384. The molecule has 2 fully saturated rings. The van der Waals surface area contributed by atoms with Crippen molar-refractivity contribution >= 4 is 17.7 Å². The van der Waals surface area contributed by atoms with E-state index in [0.29, 0.717) is 11.1 Å². The van der Waals surface area contributed by atoms with Crippen LogP contribution in [0.15, 0.2) is 23.3 Å². The Balaban J connectivity index is 1.95. The fourth-order valence-corrected chi connectivity index (χ4v) is 7.37. The predicted molar refractivity (Wildman–Crippen MR) is 130 cm³/mol. The molecule has 4 rings (SSSR count). The molecule has 8 heteroatoms. The second-order valence-corrected chi connectivity index (χ2v) is 12.5. The highest BCUT2D eigenvalue weighted by atomic mass is 16.6. The lowest BCUT2D eigenvalue weighted by molar-refractivity contribution is -0.231. The van der Waals surface area contributed by atoms with Crippen LogP contribution < -0.4 is 0 Å². The molecule has 8 atom stereocenters. The van der Waals surface area contributed by atoms with Gasteiger partial charge in [0.15, 0.2) is 11.4 Å². The van der Waals surface area contributed by atoms with Gasteiger partial charge in [-0.05, 0) is 18.1 Å². The minimum atomic E-state index is -1.93. The second kappa shape index (κ2) is 8.23. The average Bonchev–Trinajstić information content (AvgIpc) is 3.22. The summed E-state index contributed by atoms with van der Waals surface area (Å²) in [6.07, 6.45) is 2.24. The average molecular weight is 505 g/mol. The van der Waals surface area contributed by atoms with Gasteiger partial charge in [0.1, 0.15) is 11.7 Å². The van der Waals surface area contributed by atoms with Gasteiger partial charge in [-0.2, -0.15) is 0 Å². The van der Waals surface area contributed by atoms with Crippen molar-refractivity contribution in [1.29, 1.82) is 0 Å². The first-order chi connectivity index (χ1) is 16.5. The Morgan fingerprint density at radius 1 is 1.08 bits per heavy atom. The van der Waals surface area contributed by atoms with E-state index in [0.717, 1.165) is 0 Å². The Bertz CT molecular complexity index is 1050. The molecule has 200 valence electrons. The van der Waals surface area contributed by atoms with E-state index in [2.05, 4.69) is 0 Å². The number of rotatable bonds is 5. The number of aliphatic hydroxyl groups excluding tert-OH is 1. The number of aliphatic hydroxyl groups is 3. The third-order valence-electron chi connectivity index (χ3n) is 9.41. The third-order valence-corrected chi connectivity index (χ3v) is 9.41. The fourth-order valence-electron chi connectivity index (χ4n) is 7.37. The Morgan fingerprint density at radius 3 is 2.19 bits per heavy atom. The van der Waals surface area contributed by atoms with E-state index in [1.807, 2.05) is 13.8 Å². The lowest BCUT2D eigenvalue weighted by Crippen LogP contribution is -2.66. The molecule has 0 radical (unpaired) electrons. The third kappa shape index (κ3) is 3.26. The molecule has 0 aliphatic heterocycles. The lowest BCUT2D eigenvalue weighted by Gasteiger charge is -2.53. The van der Waals surface area contributed by atoms with Crippen molar-refractivity contribution in [2.45, 2.75) is 84.7 Å². The van der Waals surface area contributed by atoms with Crippen LogP contribution in [0.3, 0.4) is 0 Å². The maximum absolute atomic E-state index is 13.2. The molecule has 3 N–H and O–H groups in total. The summed E-state index contributed by atoms with van der Waals surface area (Å²) in [5.74, 6) is -5.24. The van der Waals surface area contributed by atoms with E-state index in [1.165, 1.54) is 0 Å². The zero-order valence-electron chi connectivity index (χ0n) is 22.5. The van der Waals surface area contributed by atoms with Crippen molar-refractivity contribution in [3.8, 4) is 0 Å². The SMILES string of the molecule is CC1=C[C@H]2[C@@]3(O)[C@H](C)[C@@H](OC(=O)C(C)C)[C@]4(OC(=O)C(C)C)[C@H]([C@@H]3C=C(CO)C[C@]2(O)C1=O)C4(C)C. The number of esters is 2. The molecule has 0 aromatic heterocycles. The molecule has 36 heavy (non-hydrogen) atoms. The van der Waals surface area contributed by atoms with Crippen LogP contribution in [0.2, 0.25) is 0 Å². The van der Waals surface area contributed by atoms with Crippen LogP contribution in [0.1, 0.15) is 61.8 Å². The summed E-state index contributed by atoms with van der Waals surface area (Å²) in [6, 6.07) is 0. The molecule has 0 saturated heterocycles. The Labute approximate surface area is 212 Å². The van der Waals surface area contributed by atoms with Crippen LogP contribution in [-0.4, -0.2) is 62.6 Å². The molecule has 0 heterocycles. The Hall–Kier alpha value is -2.03. The van der Waals surface area contributed by atoms with Gasteiger partial charge in [0.2, 0.25) is 0 Å². The van der Waals surface area contributed by atoms with Crippen molar-refractivity contribution in [2.75, 3.05) is 6.61 Å². The van der Waals surface area contributed by atoms with Gasteiger partial charge >= 0.3 is 11.9 Å². The number of hydrogen-bond donors (Lipinski definition) is 3. The van der Waals surface area contributed by atoms with E-state index < -0.39 is 81.6 Å². The van der Waals surface area contributed by atoms with Gasteiger partial charge in [-0.25, -0.2) is 0 Å². The summed E-state index contributed by atoms with van der Waals surface area (Å²) in [4.78, 5) is 39.0. The van der Waals surface area contributed by atoms with Crippen molar-refractivity contribution in [1.82, 2.24) is 0 Å². The van der Waals surface area contributed by atoms with Gasteiger partial charge in [0, 0.05) is 35.5 Å². The van der Waals surface area contributed by atoms with Crippen molar-refractivity contribution < 1.29 is 39.2 Å². The summed E-state index contributed by atoms with van der Waals surface area (Å²) in [6.45, 7) is 13.7. The van der Waals surface area contributed by atoms with Crippen LogP contribution in [0.4, 0.5) is 0 Å². The van der Waals surface area contributed by atoms with Crippen molar-refractivity contribution in [3.05, 3.63) is 23.3 Å². The van der Waals surface area contributed by atoms with E-state index in [1.54, 1.807) is 53.7 Å². The van der Waals surface area contributed by atoms with Gasteiger partial charge in [-0.15, -0.1) is 0 Å². The zero-order chi connectivity index (χ0) is 27.2. The molecule has 4 aliphatic carbocycles. The standard InChI is InChI=1S/C28H40O8/c1-13(2)23(31)35-22-16(6)27(34)18(20-25(7,8)28(20,22)36-24(32)14(3)4)10-17(12-29)11-26(33)19(27)9-15(5)21(26)30/h9-10,13-14,16,18-20,22,29,33-34H,11-12H2,1-8H3/t16-,18+,19-,20-,22-,26-,27-,28-/m1/s1. The van der Waals surface area contributed by atoms with Crippen LogP contribution in [-0.2, 0) is 23.9 Å². The molecule has 0 amide bonds. The molecule has 0 aromatic rings. The number of carbonyl (C=O) groups is 3. The van der Waals surface area contributed by atoms with Crippen molar-refractivity contribution in [3.63, 3.8) is 0 Å². The van der Waals surface area contributed by atoms with Gasteiger partial charge < -0.3 is 24.8 Å². The van der Waals surface area contributed by atoms with Gasteiger partial charge in [-0.1, -0.05) is 60.6 Å². The molecular formula is C28H40O8. The monoisotopic (exact) mass is 504 g/mol. The van der Waals surface area contributed by atoms with Crippen LogP contribution in [0, 0.1) is 40.9 Å². The summed E-state index contributed by atoms with van der Waals surface area (Å²) in [5.41, 5.74) is -4.78. The smallest absolute Gasteiger partial charge is 0.309 e. The molecule has 4 aliphatic rings. The van der Waals surface area contributed by atoms with Gasteiger partial charge in [-0.3, -0.25) is 14.4 Å². The number of ether oxygens (including phenoxy) is 2. The summed E-state index contributed by atoms with van der Waals surface area (Å²) >= 11 is 0. The second-order valence-electron chi connectivity index (χ2n) is 12.5. The molecule has 0 unspecified atom stereocenters. The number of fused-ring (bicyclic) bond motifs is 5. The molecule has 0 spiro atoms. The highest BCUT2D eigenvalue weighted by Crippen LogP contribution is 2.77. The van der Waals surface area contributed by atoms with E-state index >= 15 is 0 Å². The zero-order valence-corrected chi connectivity index (χ0v) is 22.5. The fraction of sp³-hybridized carbons (Fsp3) is 0.750.